The van der Waals surface area contributed by atoms with Crippen molar-refractivity contribution in [3.05, 3.63) is 23.2 Å². The summed E-state index contributed by atoms with van der Waals surface area (Å²) in [6.07, 6.45) is -0.512. The minimum atomic E-state index is -1.17. The van der Waals surface area contributed by atoms with Gasteiger partial charge < -0.3 is 24.7 Å². The first-order valence-corrected chi connectivity index (χ1v) is 8.25. The van der Waals surface area contributed by atoms with Gasteiger partial charge in [-0.3, -0.25) is 0 Å². The number of halogens is 1. The maximum atomic E-state index is 11.4. The Kier molecular flexibility index (Phi) is 10.3. The Hall–Kier alpha value is -1.00. The Morgan fingerprint density at radius 2 is 2.00 bits per heavy atom. The van der Waals surface area contributed by atoms with Crippen LogP contribution in [0.4, 0.5) is 4.79 Å². The Bertz CT molecular complexity index is 565. The standard InChI is InChI=1S/C15H20ClNO5S.Li/c1-15(2,3)22-14(20)17-6-7-21-10-4-5-11(16)12(8-10)23-9-13(18)19;/h4-5,8H,6-7,9H2,1-3H3,(H,17,20)(H,18,19);/q;+1/p-1. The molecule has 0 bridgehead atoms. The van der Waals surface area contributed by atoms with Crippen LogP contribution >= 0.6 is 23.4 Å². The third-order valence-corrected chi connectivity index (χ3v) is 3.76. The van der Waals surface area contributed by atoms with Crippen molar-refractivity contribution in [2.75, 3.05) is 18.9 Å². The van der Waals surface area contributed by atoms with Crippen LogP contribution < -0.4 is 34.0 Å². The molecular formula is C15H19ClLiNO5S. The summed E-state index contributed by atoms with van der Waals surface area (Å²) in [6, 6.07) is 4.93. The largest absolute Gasteiger partial charge is 1.00 e. The van der Waals surface area contributed by atoms with E-state index in [2.05, 4.69) is 5.32 Å². The van der Waals surface area contributed by atoms with E-state index < -0.39 is 17.7 Å². The van der Waals surface area contributed by atoms with E-state index >= 15 is 0 Å². The number of alkyl carbamates (subject to hydrolysis) is 1. The molecule has 0 atom stereocenters. The van der Waals surface area contributed by atoms with Gasteiger partial charge in [-0.1, -0.05) is 11.6 Å². The molecule has 0 aliphatic carbocycles. The molecule has 24 heavy (non-hydrogen) atoms. The number of carboxylic acids is 1. The molecule has 0 aromatic heterocycles. The van der Waals surface area contributed by atoms with E-state index in [0.717, 1.165) is 11.8 Å². The Balaban J connectivity index is 0.00000529. The van der Waals surface area contributed by atoms with Gasteiger partial charge in [-0.15, -0.1) is 11.8 Å². The van der Waals surface area contributed by atoms with Gasteiger partial charge >= 0.3 is 25.0 Å². The second kappa shape index (κ2) is 10.8. The molecule has 6 nitrogen and oxygen atoms in total. The molecule has 0 aliphatic rings. The van der Waals surface area contributed by atoms with Gasteiger partial charge in [-0.05, 0) is 39.0 Å². The number of hydrogen-bond acceptors (Lipinski definition) is 6. The number of carbonyl (C=O) groups is 2. The van der Waals surface area contributed by atoms with Crippen LogP contribution in [0.1, 0.15) is 20.8 Å². The van der Waals surface area contributed by atoms with E-state index in [1.165, 1.54) is 0 Å². The third kappa shape index (κ3) is 9.99. The number of benzene rings is 1. The molecule has 9 heteroatoms. The molecule has 0 unspecified atom stereocenters. The van der Waals surface area contributed by atoms with Gasteiger partial charge in [0.25, 0.3) is 0 Å². The van der Waals surface area contributed by atoms with Crippen LogP contribution in [0.2, 0.25) is 5.02 Å². The van der Waals surface area contributed by atoms with E-state index in [1.54, 1.807) is 39.0 Å². The van der Waals surface area contributed by atoms with Crippen molar-refractivity contribution in [3.8, 4) is 5.75 Å². The average Bonchev–Trinajstić information content (AvgIpc) is 2.41. The summed E-state index contributed by atoms with van der Waals surface area (Å²) >= 11 is 7.04. The quantitative estimate of drug-likeness (QED) is 0.381. The second-order valence-electron chi connectivity index (χ2n) is 5.53. The van der Waals surface area contributed by atoms with Crippen LogP contribution in [0.25, 0.3) is 0 Å². The van der Waals surface area contributed by atoms with Crippen molar-refractivity contribution in [2.45, 2.75) is 31.3 Å². The Labute approximate surface area is 162 Å². The minimum absolute atomic E-state index is 0. The SMILES string of the molecule is CC(C)(C)OC(=O)NCCOc1ccc(Cl)c(SCC(=O)[O-])c1.[Li+]. The zero-order valence-corrected chi connectivity index (χ0v) is 15.8. The van der Waals surface area contributed by atoms with E-state index in [9.17, 15) is 14.7 Å². The molecule has 0 fully saturated rings. The van der Waals surface area contributed by atoms with Gasteiger partial charge in [-0.25, -0.2) is 4.79 Å². The first kappa shape index (κ1) is 23.0. The number of nitrogens with one attached hydrogen (secondary N) is 1. The van der Waals surface area contributed by atoms with Crippen molar-refractivity contribution in [1.82, 2.24) is 5.32 Å². The number of amides is 1. The molecular weight excluding hydrogens is 349 g/mol. The monoisotopic (exact) mass is 367 g/mol. The van der Waals surface area contributed by atoms with Crippen LogP contribution in [0.15, 0.2) is 23.1 Å². The number of rotatable bonds is 7. The summed E-state index contributed by atoms with van der Waals surface area (Å²) < 4.78 is 10.6. The Morgan fingerprint density at radius 3 is 2.58 bits per heavy atom. The van der Waals surface area contributed by atoms with Gasteiger partial charge in [0, 0.05) is 10.6 Å². The molecule has 0 spiro atoms. The van der Waals surface area contributed by atoms with Gasteiger partial charge in [0.2, 0.25) is 0 Å². The molecule has 0 saturated heterocycles. The summed E-state index contributed by atoms with van der Waals surface area (Å²) in [7, 11) is 0. The van der Waals surface area contributed by atoms with Crippen molar-refractivity contribution >= 4 is 35.4 Å². The predicted octanol–water partition coefficient (Wildman–Crippen LogP) is -0.910. The van der Waals surface area contributed by atoms with Gasteiger partial charge in [0.05, 0.1) is 17.5 Å². The van der Waals surface area contributed by atoms with Crippen LogP contribution in [-0.4, -0.2) is 36.6 Å². The van der Waals surface area contributed by atoms with Crippen LogP contribution in [0, 0.1) is 0 Å². The van der Waals surface area contributed by atoms with Crippen LogP contribution in [0.5, 0.6) is 5.75 Å². The van der Waals surface area contributed by atoms with Crippen molar-refractivity contribution in [1.29, 1.82) is 0 Å². The normalized spacial score (nSPS) is 10.5. The van der Waals surface area contributed by atoms with Gasteiger partial charge in [0.1, 0.15) is 18.0 Å². The summed E-state index contributed by atoms with van der Waals surface area (Å²) in [4.78, 5) is 22.5. The summed E-state index contributed by atoms with van der Waals surface area (Å²) in [5, 5.41) is 13.5. The number of ether oxygens (including phenoxy) is 2. The number of carboxylic acid groups (broad SMARTS) is 1. The minimum Gasteiger partial charge on any atom is -0.549 e. The van der Waals surface area contributed by atoms with Crippen LogP contribution in [-0.2, 0) is 9.53 Å². The van der Waals surface area contributed by atoms with E-state index in [4.69, 9.17) is 21.1 Å². The molecule has 1 aromatic rings. The van der Waals surface area contributed by atoms with Crippen LogP contribution in [0.3, 0.4) is 0 Å². The van der Waals surface area contributed by atoms with E-state index in [0.29, 0.717) is 15.7 Å². The molecule has 0 radical (unpaired) electrons. The number of hydrogen-bond donors (Lipinski definition) is 1. The number of aliphatic carboxylic acids is 1. The molecule has 0 aliphatic heterocycles. The van der Waals surface area contributed by atoms with E-state index in [-0.39, 0.29) is 37.8 Å². The molecule has 0 saturated carbocycles. The Morgan fingerprint density at radius 1 is 1.33 bits per heavy atom. The smallest absolute Gasteiger partial charge is 0.549 e. The van der Waals surface area contributed by atoms with E-state index in [1.807, 2.05) is 0 Å². The molecule has 1 amide bonds. The fourth-order valence-corrected chi connectivity index (χ4v) is 2.42. The maximum absolute atomic E-state index is 11.4. The second-order valence-corrected chi connectivity index (χ2v) is 6.95. The fraction of sp³-hybridized carbons (Fsp3) is 0.467. The topological polar surface area (TPSA) is 87.7 Å². The fourth-order valence-electron chi connectivity index (χ4n) is 1.46. The summed E-state index contributed by atoms with van der Waals surface area (Å²) in [5.74, 6) is -0.830. The third-order valence-electron chi connectivity index (χ3n) is 2.29. The molecule has 1 N–H and O–H groups in total. The maximum Gasteiger partial charge on any atom is 1.00 e. The summed E-state index contributed by atoms with van der Waals surface area (Å²) in [5.41, 5.74) is -0.549. The molecule has 1 rings (SSSR count). The van der Waals surface area contributed by atoms with Gasteiger partial charge in [0.15, 0.2) is 0 Å². The van der Waals surface area contributed by atoms with Crippen molar-refractivity contribution in [2.24, 2.45) is 0 Å². The zero-order valence-electron chi connectivity index (χ0n) is 14.2. The first-order valence-electron chi connectivity index (χ1n) is 6.89. The number of thioether (sulfide) groups is 1. The van der Waals surface area contributed by atoms with Crippen molar-refractivity contribution in [3.63, 3.8) is 0 Å². The average molecular weight is 368 g/mol. The summed E-state index contributed by atoms with van der Waals surface area (Å²) in [6.45, 7) is 5.86. The molecule has 1 aromatic carbocycles. The molecule has 128 valence electrons. The molecule has 0 heterocycles. The van der Waals surface area contributed by atoms with Crippen molar-refractivity contribution < 1.29 is 43.0 Å². The zero-order chi connectivity index (χ0) is 17.5. The van der Waals surface area contributed by atoms with Gasteiger partial charge in [-0.2, -0.15) is 0 Å². The number of carbonyl (C=O) groups excluding carboxylic acids is 2. The predicted molar refractivity (Wildman–Crippen MR) is 86.9 cm³/mol. The first-order chi connectivity index (χ1) is 10.7.